The van der Waals surface area contributed by atoms with Gasteiger partial charge in [-0.25, -0.2) is 8.78 Å². The molecule has 2 rings (SSSR count). The Labute approximate surface area is 108 Å². The van der Waals surface area contributed by atoms with Crippen LogP contribution in [0.3, 0.4) is 0 Å². The van der Waals surface area contributed by atoms with Crippen molar-refractivity contribution in [2.75, 3.05) is 5.32 Å². The summed E-state index contributed by atoms with van der Waals surface area (Å²) in [5, 5.41) is 2.88. The van der Waals surface area contributed by atoms with E-state index in [1.807, 2.05) is 0 Å². The Morgan fingerprint density at radius 3 is 2.39 bits per heavy atom. The standard InChI is InChI=1S/C12H9F2N3S/c13-9-3-1-7(5-10(9)14)17-8-2-4-11(12(15)18)16-6-8/h1-6,17H,(H2,15,18). The molecule has 3 N–H and O–H groups in total. The Balaban J connectivity index is 2.18. The topological polar surface area (TPSA) is 50.9 Å². The van der Waals surface area contributed by atoms with E-state index in [9.17, 15) is 8.78 Å². The summed E-state index contributed by atoms with van der Waals surface area (Å²) in [6, 6.07) is 6.89. The maximum absolute atomic E-state index is 13.0. The summed E-state index contributed by atoms with van der Waals surface area (Å²) in [7, 11) is 0. The second-order valence-corrected chi connectivity index (χ2v) is 3.99. The number of benzene rings is 1. The Morgan fingerprint density at radius 1 is 1.11 bits per heavy atom. The molecule has 0 fully saturated rings. The zero-order valence-electron chi connectivity index (χ0n) is 9.15. The van der Waals surface area contributed by atoms with Crippen molar-refractivity contribution in [2.24, 2.45) is 5.73 Å². The molecule has 0 radical (unpaired) electrons. The minimum absolute atomic E-state index is 0.203. The van der Waals surface area contributed by atoms with Gasteiger partial charge in [-0.3, -0.25) is 4.98 Å². The van der Waals surface area contributed by atoms with Crippen LogP contribution in [0.1, 0.15) is 5.69 Å². The molecule has 1 aromatic heterocycles. The van der Waals surface area contributed by atoms with Crippen LogP contribution in [-0.4, -0.2) is 9.97 Å². The van der Waals surface area contributed by atoms with Crippen LogP contribution in [0.25, 0.3) is 0 Å². The average molecular weight is 265 g/mol. The Kier molecular flexibility index (Phi) is 3.47. The zero-order valence-corrected chi connectivity index (χ0v) is 9.97. The van der Waals surface area contributed by atoms with E-state index in [0.717, 1.165) is 12.1 Å². The number of anilines is 2. The lowest BCUT2D eigenvalue weighted by Crippen LogP contribution is -2.11. The summed E-state index contributed by atoms with van der Waals surface area (Å²) < 4.78 is 25.7. The second kappa shape index (κ2) is 5.05. The SMILES string of the molecule is NC(=S)c1ccc(Nc2ccc(F)c(F)c2)cn1. The van der Waals surface area contributed by atoms with Crippen molar-refractivity contribution >= 4 is 28.6 Å². The molecule has 0 unspecified atom stereocenters. The van der Waals surface area contributed by atoms with E-state index < -0.39 is 11.6 Å². The number of nitrogens with two attached hydrogens (primary N) is 1. The second-order valence-electron chi connectivity index (χ2n) is 3.55. The minimum Gasteiger partial charge on any atom is -0.388 e. The predicted octanol–water partition coefficient (Wildman–Crippen LogP) is 2.74. The Morgan fingerprint density at radius 2 is 1.83 bits per heavy atom. The molecule has 0 amide bonds. The van der Waals surface area contributed by atoms with Crippen LogP contribution in [0.4, 0.5) is 20.2 Å². The van der Waals surface area contributed by atoms with Crippen molar-refractivity contribution in [3.8, 4) is 0 Å². The van der Waals surface area contributed by atoms with Gasteiger partial charge in [0.1, 0.15) is 4.99 Å². The lowest BCUT2D eigenvalue weighted by atomic mass is 10.2. The minimum atomic E-state index is -0.910. The summed E-state index contributed by atoms with van der Waals surface area (Å²) in [6.07, 6.45) is 1.51. The van der Waals surface area contributed by atoms with Crippen LogP contribution in [0, 0.1) is 11.6 Å². The van der Waals surface area contributed by atoms with Gasteiger partial charge in [-0.1, -0.05) is 12.2 Å². The third-order valence-corrected chi connectivity index (χ3v) is 2.43. The quantitative estimate of drug-likeness (QED) is 0.838. The fourth-order valence-electron chi connectivity index (χ4n) is 1.35. The van der Waals surface area contributed by atoms with Crippen molar-refractivity contribution in [1.29, 1.82) is 0 Å². The lowest BCUT2D eigenvalue weighted by molar-refractivity contribution is 0.509. The van der Waals surface area contributed by atoms with Crippen molar-refractivity contribution < 1.29 is 8.78 Å². The lowest BCUT2D eigenvalue weighted by Gasteiger charge is -2.07. The van der Waals surface area contributed by atoms with Gasteiger partial charge in [0, 0.05) is 11.8 Å². The van der Waals surface area contributed by atoms with Gasteiger partial charge in [0.05, 0.1) is 17.6 Å². The molecule has 92 valence electrons. The first-order valence-corrected chi connectivity index (χ1v) is 5.45. The summed E-state index contributed by atoms with van der Waals surface area (Å²) in [5.74, 6) is -1.80. The first-order valence-electron chi connectivity index (χ1n) is 5.04. The normalized spacial score (nSPS) is 10.1. The number of pyridine rings is 1. The molecule has 0 saturated carbocycles. The Bertz CT molecular complexity index is 584. The van der Waals surface area contributed by atoms with E-state index in [1.165, 1.54) is 12.3 Å². The molecule has 0 aliphatic rings. The fourth-order valence-corrected chi connectivity index (χ4v) is 1.47. The maximum Gasteiger partial charge on any atom is 0.160 e. The highest BCUT2D eigenvalue weighted by molar-refractivity contribution is 7.80. The van der Waals surface area contributed by atoms with Gasteiger partial charge in [-0.05, 0) is 24.3 Å². The van der Waals surface area contributed by atoms with Crippen LogP contribution in [0.2, 0.25) is 0 Å². The first kappa shape index (κ1) is 12.4. The molecule has 0 aliphatic heterocycles. The summed E-state index contributed by atoms with van der Waals surface area (Å²) in [4.78, 5) is 4.22. The molecule has 3 nitrogen and oxygen atoms in total. The van der Waals surface area contributed by atoms with Crippen molar-refractivity contribution in [1.82, 2.24) is 4.98 Å². The molecule has 1 heterocycles. The highest BCUT2D eigenvalue weighted by Gasteiger charge is 2.03. The first-order chi connectivity index (χ1) is 8.56. The smallest absolute Gasteiger partial charge is 0.160 e. The monoisotopic (exact) mass is 265 g/mol. The molecule has 0 spiro atoms. The third-order valence-electron chi connectivity index (χ3n) is 2.22. The number of hydrogen-bond acceptors (Lipinski definition) is 3. The highest BCUT2D eigenvalue weighted by Crippen LogP contribution is 2.18. The molecular formula is C12H9F2N3S. The van der Waals surface area contributed by atoms with Crippen LogP contribution in [0.15, 0.2) is 36.5 Å². The molecule has 0 aliphatic carbocycles. The zero-order chi connectivity index (χ0) is 13.1. The molecule has 18 heavy (non-hydrogen) atoms. The van der Waals surface area contributed by atoms with E-state index in [1.54, 1.807) is 12.1 Å². The number of hydrogen-bond donors (Lipinski definition) is 2. The van der Waals surface area contributed by atoms with E-state index in [-0.39, 0.29) is 4.99 Å². The molecule has 2 aromatic rings. The summed E-state index contributed by atoms with van der Waals surface area (Å²) in [6.45, 7) is 0. The number of nitrogens with zero attached hydrogens (tertiary/aromatic N) is 1. The van der Waals surface area contributed by atoms with Gasteiger partial charge in [0.2, 0.25) is 0 Å². The van der Waals surface area contributed by atoms with E-state index in [4.69, 9.17) is 18.0 Å². The largest absolute Gasteiger partial charge is 0.388 e. The number of halogens is 2. The van der Waals surface area contributed by atoms with Crippen LogP contribution < -0.4 is 11.1 Å². The average Bonchev–Trinajstić information content (AvgIpc) is 2.34. The van der Waals surface area contributed by atoms with Gasteiger partial charge >= 0.3 is 0 Å². The molecule has 0 atom stereocenters. The molecular weight excluding hydrogens is 256 g/mol. The number of rotatable bonds is 3. The van der Waals surface area contributed by atoms with Gasteiger partial charge in [0.15, 0.2) is 11.6 Å². The molecule has 1 aromatic carbocycles. The molecule has 0 saturated heterocycles. The Hall–Kier alpha value is -2.08. The molecule has 6 heteroatoms. The van der Waals surface area contributed by atoms with Crippen molar-refractivity contribution in [2.45, 2.75) is 0 Å². The summed E-state index contributed by atoms with van der Waals surface area (Å²) >= 11 is 4.77. The van der Waals surface area contributed by atoms with Crippen molar-refractivity contribution in [3.63, 3.8) is 0 Å². The highest BCUT2D eigenvalue weighted by atomic mass is 32.1. The van der Waals surface area contributed by atoms with E-state index in [2.05, 4.69) is 10.3 Å². The third kappa shape index (κ3) is 2.78. The fraction of sp³-hybridized carbons (Fsp3) is 0. The predicted molar refractivity (Wildman–Crippen MR) is 69.8 cm³/mol. The van der Waals surface area contributed by atoms with Crippen LogP contribution in [-0.2, 0) is 0 Å². The van der Waals surface area contributed by atoms with Crippen LogP contribution in [0.5, 0.6) is 0 Å². The van der Waals surface area contributed by atoms with E-state index in [0.29, 0.717) is 17.1 Å². The van der Waals surface area contributed by atoms with Gasteiger partial charge in [0.25, 0.3) is 0 Å². The number of thiocarbonyl (C=S) groups is 1. The van der Waals surface area contributed by atoms with Gasteiger partial charge in [-0.2, -0.15) is 0 Å². The van der Waals surface area contributed by atoms with Gasteiger partial charge < -0.3 is 11.1 Å². The van der Waals surface area contributed by atoms with Crippen LogP contribution >= 0.6 is 12.2 Å². The van der Waals surface area contributed by atoms with E-state index >= 15 is 0 Å². The number of aromatic nitrogens is 1. The number of nitrogens with one attached hydrogen (secondary N) is 1. The molecule has 0 bridgehead atoms. The van der Waals surface area contributed by atoms with Crippen molar-refractivity contribution in [3.05, 3.63) is 53.9 Å². The van der Waals surface area contributed by atoms with Gasteiger partial charge in [-0.15, -0.1) is 0 Å². The summed E-state index contributed by atoms with van der Waals surface area (Å²) in [5.41, 5.74) is 6.97. The maximum atomic E-state index is 13.0.